The van der Waals surface area contributed by atoms with Gasteiger partial charge in [-0.25, -0.2) is 4.79 Å². The van der Waals surface area contributed by atoms with E-state index in [4.69, 9.17) is 5.11 Å². The Hall–Kier alpha value is -2.03. The standard InChI is InChI=1S/C19H23NO2/c1-14(12-19(21)22)11-15-7-8-18-16(13-15)9-10-20(18)17-5-3-2-4-6-17/h7-10,12-13,17H,2-6,11H2,1H3,(H,21,22). The first-order chi connectivity index (χ1) is 10.6. The molecule has 3 nitrogen and oxygen atoms in total. The average Bonchev–Trinajstić information content (AvgIpc) is 2.90. The Balaban J connectivity index is 1.84. The highest BCUT2D eigenvalue weighted by atomic mass is 16.4. The van der Waals surface area contributed by atoms with Gasteiger partial charge in [0.2, 0.25) is 0 Å². The highest BCUT2D eigenvalue weighted by Gasteiger charge is 2.16. The number of carboxylic acid groups (broad SMARTS) is 1. The lowest BCUT2D eigenvalue weighted by Gasteiger charge is -2.24. The second-order valence-electron chi connectivity index (χ2n) is 6.41. The van der Waals surface area contributed by atoms with E-state index in [0.29, 0.717) is 12.5 Å². The third-order valence-electron chi connectivity index (χ3n) is 4.61. The van der Waals surface area contributed by atoms with Gasteiger partial charge < -0.3 is 9.67 Å². The maximum Gasteiger partial charge on any atom is 0.328 e. The highest BCUT2D eigenvalue weighted by molar-refractivity contribution is 5.82. The van der Waals surface area contributed by atoms with E-state index in [2.05, 4.69) is 35.0 Å². The van der Waals surface area contributed by atoms with Gasteiger partial charge in [0.15, 0.2) is 0 Å². The molecule has 2 aromatic rings. The molecule has 0 aliphatic heterocycles. The number of benzene rings is 1. The molecular formula is C19H23NO2. The molecule has 1 heterocycles. The molecule has 1 saturated carbocycles. The number of carboxylic acids is 1. The summed E-state index contributed by atoms with van der Waals surface area (Å²) in [6, 6.07) is 9.33. The molecule has 1 N–H and O–H groups in total. The van der Waals surface area contributed by atoms with Crippen molar-refractivity contribution in [2.75, 3.05) is 0 Å². The summed E-state index contributed by atoms with van der Waals surface area (Å²) >= 11 is 0. The Bertz CT molecular complexity index is 705. The van der Waals surface area contributed by atoms with Gasteiger partial charge >= 0.3 is 5.97 Å². The van der Waals surface area contributed by atoms with Gasteiger partial charge in [0.1, 0.15) is 0 Å². The van der Waals surface area contributed by atoms with E-state index in [0.717, 1.165) is 5.57 Å². The zero-order chi connectivity index (χ0) is 15.5. The van der Waals surface area contributed by atoms with E-state index in [1.807, 2.05) is 6.92 Å². The van der Waals surface area contributed by atoms with E-state index in [-0.39, 0.29) is 0 Å². The minimum Gasteiger partial charge on any atom is -0.478 e. The van der Waals surface area contributed by atoms with Crippen molar-refractivity contribution in [3.8, 4) is 0 Å². The van der Waals surface area contributed by atoms with Crippen LogP contribution in [0.2, 0.25) is 0 Å². The van der Waals surface area contributed by atoms with Crippen LogP contribution in [0.4, 0.5) is 0 Å². The molecule has 0 spiro atoms. The number of hydrogen-bond acceptors (Lipinski definition) is 1. The van der Waals surface area contributed by atoms with E-state index in [1.165, 1.54) is 54.6 Å². The molecule has 0 radical (unpaired) electrons. The van der Waals surface area contributed by atoms with Gasteiger partial charge in [0.25, 0.3) is 0 Å². The molecule has 1 aliphatic carbocycles. The summed E-state index contributed by atoms with van der Waals surface area (Å²) in [5.74, 6) is -0.873. The first-order valence-corrected chi connectivity index (χ1v) is 8.13. The lowest BCUT2D eigenvalue weighted by atomic mass is 9.95. The molecule has 22 heavy (non-hydrogen) atoms. The topological polar surface area (TPSA) is 42.2 Å². The first kappa shape index (κ1) is 14.9. The summed E-state index contributed by atoms with van der Waals surface area (Å²) in [7, 11) is 0. The van der Waals surface area contributed by atoms with Crippen LogP contribution in [0.15, 0.2) is 42.1 Å². The number of hydrogen-bond donors (Lipinski definition) is 1. The molecule has 3 heteroatoms. The van der Waals surface area contributed by atoms with Gasteiger partial charge in [-0.15, -0.1) is 0 Å². The molecule has 116 valence electrons. The number of fused-ring (bicyclic) bond motifs is 1. The smallest absolute Gasteiger partial charge is 0.328 e. The monoisotopic (exact) mass is 297 g/mol. The van der Waals surface area contributed by atoms with Gasteiger partial charge in [-0.05, 0) is 55.3 Å². The summed E-state index contributed by atoms with van der Waals surface area (Å²) in [4.78, 5) is 10.7. The van der Waals surface area contributed by atoms with Crippen molar-refractivity contribution >= 4 is 16.9 Å². The molecule has 0 unspecified atom stereocenters. The van der Waals surface area contributed by atoms with Gasteiger partial charge in [-0.1, -0.05) is 30.9 Å². The van der Waals surface area contributed by atoms with Gasteiger partial charge in [-0.3, -0.25) is 0 Å². The maximum absolute atomic E-state index is 10.7. The Kier molecular flexibility index (Phi) is 4.32. The van der Waals surface area contributed by atoms with Crippen LogP contribution in [0.25, 0.3) is 10.9 Å². The molecule has 0 bridgehead atoms. The predicted octanol–water partition coefficient (Wildman–Crippen LogP) is 4.72. The molecule has 1 fully saturated rings. The number of aliphatic carboxylic acids is 1. The normalized spacial score (nSPS) is 17.0. The number of allylic oxidation sites excluding steroid dienone is 1. The SMILES string of the molecule is CC(=CC(=O)O)Cc1ccc2c(ccn2C2CCCCC2)c1. The van der Waals surface area contributed by atoms with Crippen molar-refractivity contribution in [2.45, 2.75) is 51.5 Å². The number of carbonyl (C=O) groups is 1. The highest BCUT2D eigenvalue weighted by Crippen LogP contribution is 2.32. The number of nitrogens with zero attached hydrogens (tertiary/aromatic N) is 1. The van der Waals surface area contributed by atoms with Crippen molar-refractivity contribution in [3.63, 3.8) is 0 Å². The Morgan fingerprint density at radius 2 is 2.05 bits per heavy atom. The zero-order valence-corrected chi connectivity index (χ0v) is 13.1. The van der Waals surface area contributed by atoms with Crippen LogP contribution < -0.4 is 0 Å². The van der Waals surface area contributed by atoms with Crippen LogP contribution in [0.3, 0.4) is 0 Å². The molecular weight excluding hydrogens is 274 g/mol. The van der Waals surface area contributed by atoms with Gasteiger partial charge in [0, 0.05) is 23.8 Å². The molecule has 0 amide bonds. The van der Waals surface area contributed by atoms with E-state index in [9.17, 15) is 4.79 Å². The summed E-state index contributed by atoms with van der Waals surface area (Å²) in [5, 5.41) is 10.1. The van der Waals surface area contributed by atoms with Crippen LogP contribution in [0.5, 0.6) is 0 Å². The molecule has 1 aliphatic rings. The zero-order valence-electron chi connectivity index (χ0n) is 13.1. The lowest BCUT2D eigenvalue weighted by molar-refractivity contribution is -0.131. The summed E-state index contributed by atoms with van der Waals surface area (Å²) in [5.41, 5.74) is 3.35. The third-order valence-corrected chi connectivity index (χ3v) is 4.61. The first-order valence-electron chi connectivity index (χ1n) is 8.13. The molecule has 0 saturated heterocycles. The van der Waals surface area contributed by atoms with Crippen LogP contribution in [-0.2, 0) is 11.2 Å². The van der Waals surface area contributed by atoms with Gasteiger partial charge in [-0.2, -0.15) is 0 Å². The quantitative estimate of drug-likeness (QED) is 0.830. The molecule has 1 aromatic heterocycles. The van der Waals surface area contributed by atoms with Crippen LogP contribution >= 0.6 is 0 Å². The minimum atomic E-state index is -0.873. The van der Waals surface area contributed by atoms with E-state index >= 15 is 0 Å². The van der Waals surface area contributed by atoms with Gasteiger partial charge in [0.05, 0.1) is 0 Å². The Morgan fingerprint density at radius 1 is 1.27 bits per heavy atom. The Labute approximate surface area is 131 Å². The second kappa shape index (κ2) is 6.39. The lowest BCUT2D eigenvalue weighted by Crippen LogP contribution is -2.11. The second-order valence-corrected chi connectivity index (χ2v) is 6.41. The molecule has 3 rings (SSSR count). The van der Waals surface area contributed by atoms with Crippen LogP contribution in [0, 0.1) is 0 Å². The summed E-state index contributed by atoms with van der Waals surface area (Å²) in [6.45, 7) is 1.87. The van der Waals surface area contributed by atoms with Crippen molar-refractivity contribution in [1.29, 1.82) is 0 Å². The predicted molar refractivity (Wildman–Crippen MR) is 89.2 cm³/mol. The number of aromatic nitrogens is 1. The average molecular weight is 297 g/mol. The molecule has 1 aromatic carbocycles. The molecule has 0 atom stereocenters. The van der Waals surface area contributed by atoms with Crippen molar-refractivity contribution < 1.29 is 9.90 Å². The Morgan fingerprint density at radius 3 is 2.77 bits per heavy atom. The maximum atomic E-state index is 10.7. The number of rotatable bonds is 4. The fraction of sp³-hybridized carbons (Fsp3) is 0.421. The van der Waals surface area contributed by atoms with Crippen molar-refractivity contribution in [3.05, 3.63) is 47.7 Å². The fourth-order valence-corrected chi connectivity index (χ4v) is 3.58. The summed E-state index contributed by atoms with van der Waals surface area (Å²) in [6.07, 6.45) is 10.8. The minimum absolute atomic E-state index is 0.644. The van der Waals surface area contributed by atoms with Crippen molar-refractivity contribution in [1.82, 2.24) is 4.57 Å². The summed E-state index contributed by atoms with van der Waals surface area (Å²) < 4.78 is 2.43. The van der Waals surface area contributed by atoms with E-state index in [1.54, 1.807) is 0 Å². The van der Waals surface area contributed by atoms with Crippen LogP contribution in [-0.4, -0.2) is 15.6 Å². The fourth-order valence-electron chi connectivity index (χ4n) is 3.58. The third kappa shape index (κ3) is 3.24. The largest absolute Gasteiger partial charge is 0.478 e. The van der Waals surface area contributed by atoms with Crippen molar-refractivity contribution in [2.24, 2.45) is 0 Å². The van der Waals surface area contributed by atoms with Crippen LogP contribution in [0.1, 0.15) is 50.6 Å². The van der Waals surface area contributed by atoms with E-state index < -0.39 is 5.97 Å².